The number of ether oxygens (including phenoxy) is 2. The van der Waals surface area contributed by atoms with E-state index in [-0.39, 0.29) is 12.2 Å². The van der Waals surface area contributed by atoms with E-state index in [1.165, 1.54) is 0 Å². The molecule has 0 unspecified atom stereocenters. The van der Waals surface area contributed by atoms with Crippen LogP contribution in [0.1, 0.15) is 38.5 Å². The van der Waals surface area contributed by atoms with Gasteiger partial charge in [0.15, 0.2) is 0 Å². The van der Waals surface area contributed by atoms with Gasteiger partial charge in [-0.2, -0.15) is 0 Å². The Morgan fingerprint density at radius 2 is 1.00 bits per heavy atom. The van der Waals surface area contributed by atoms with Crippen molar-refractivity contribution in [2.75, 3.05) is 13.2 Å². The summed E-state index contributed by atoms with van der Waals surface area (Å²) in [4.78, 5) is 0. The Hall–Kier alpha value is -1.12. The lowest BCUT2D eigenvalue weighted by Crippen LogP contribution is -2.19. The van der Waals surface area contributed by atoms with Gasteiger partial charge in [0.05, 0.1) is 25.4 Å². The molecule has 20 heavy (non-hydrogen) atoms. The molecule has 0 fully saturated rings. The summed E-state index contributed by atoms with van der Waals surface area (Å²) in [5.74, 6) is 0. The highest BCUT2D eigenvalue weighted by molar-refractivity contribution is 4.76. The van der Waals surface area contributed by atoms with Crippen molar-refractivity contribution in [1.29, 1.82) is 0 Å². The first-order valence-corrected chi connectivity index (χ1v) is 7.45. The second-order valence-electron chi connectivity index (χ2n) is 4.80. The third-order valence-electron chi connectivity index (χ3n) is 3.10. The molecule has 0 aromatic heterocycles. The monoisotopic (exact) mass is 278 g/mol. The normalized spacial score (nSPS) is 13.4. The fourth-order valence-electron chi connectivity index (χ4n) is 2.01. The maximum absolute atomic E-state index is 5.79. The first kappa shape index (κ1) is 18.9. The minimum Gasteiger partial charge on any atom is -0.374 e. The number of hydrogen-bond donors (Lipinski definition) is 0. The maximum Gasteiger partial charge on any atom is 0.0648 e. The van der Waals surface area contributed by atoms with Gasteiger partial charge >= 0.3 is 0 Å². The molecule has 114 valence electrons. The summed E-state index contributed by atoms with van der Waals surface area (Å²) in [6, 6.07) is 0. The van der Waals surface area contributed by atoms with Crippen LogP contribution < -0.4 is 0 Å². The zero-order valence-electron chi connectivity index (χ0n) is 12.8. The van der Waals surface area contributed by atoms with Crippen molar-refractivity contribution >= 4 is 0 Å². The summed E-state index contributed by atoms with van der Waals surface area (Å²) < 4.78 is 11.6. The number of hydrogen-bond acceptors (Lipinski definition) is 2. The highest BCUT2D eigenvalue weighted by Gasteiger charge is 2.13. The van der Waals surface area contributed by atoms with Crippen LogP contribution in [0.4, 0.5) is 0 Å². The zero-order valence-corrected chi connectivity index (χ0v) is 12.8. The van der Waals surface area contributed by atoms with Gasteiger partial charge in [-0.25, -0.2) is 0 Å². The fraction of sp³-hybridized carbons (Fsp3) is 0.556. The minimum atomic E-state index is 0.254. The van der Waals surface area contributed by atoms with Crippen LogP contribution in [0.2, 0.25) is 0 Å². The van der Waals surface area contributed by atoms with E-state index in [1.54, 1.807) is 12.2 Å². The largest absolute Gasteiger partial charge is 0.374 e. The Morgan fingerprint density at radius 1 is 0.600 bits per heavy atom. The Kier molecular flexibility index (Phi) is 13.5. The van der Waals surface area contributed by atoms with Crippen LogP contribution in [0.5, 0.6) is 0 Å². The molecule has 0 aliphatic heterocycles. The Balaban J connectivity index is 4.17. The molecule has 0 rings (SSSR count). The third kappa shape index (κ3) is 10.8. The maximum atomic E-state index is 5.79. The van der Waals surface area contributed by atoms with E-state index in [2.05, 4.69) is 26.3 Å². The van der Waals surface area contributed by atoms with Gasteiger partial charge in [0.2, 0.25) is 0 Å². The SMILES string of the molecule is C=CCC[C@@H](CC[C@H](CCC=C)OCC=C)OCC=C. The van der Waals surface area contributed by atoms with Crippen LogP contribution in [-0.4, -0.2) is 25.4 Å². The molecule has 2 nitrogen and oxygen atoms in total. The summed E-state index contributed by atoms with van der Waals surface area (Å²) in [5, 5.41) is 0. The summed E-state index contributed by atoms with van der Waals surface area (Å²) in [6.45, 7) is 16.1. The van der Waals surface area contributed by atoms with Crippen LogP contribution in [0.3, 0.4) is 0 Å². The topological polar surface area (TPSA) is 18.5 Å². The molecule has 0 aliphatic rings. The molecular weight excluding hydrogens is 248 g/mol. The quantitative estimate of drug-likeness (QED) is 0.399. The van der Waals surface area contributed by atoms with Crippen molar-refractivity contribution in [3.8, 4) is 0 Å². The molecule has 0 saturated heterocycles. The Bertz CT molecular complexity index is 219. The van der Waals surface area contributed by atoms with Crippen LogP contribution in [0.15, 0.2) is 50.6 Å². The lowest BCUT2D eigenvalue weighted by atomic mass is 10.0. The van der Waals surface area contributed by atoms with E-state index >= 15 is 0 Å². The van der Waals surface area contributed by atoms with Crippen molar-refractivity contribution in [1.82, 2.24) is 0 Å². The van der Waals surface area contributed by atoms with Crippen molar-refractivity contribution < 1.29 is 9.47 Å². The highest BCUT2D eigenvalue weighted by Crippen LogP contribution is 2.16. The molecule has 0 heterocycles. The Labute approximate surface area is 124 Å². The molecule has 0 spiro atoms. The van der Waals surface area contributed by atoms with E-state index in [9.17, 15) is 0 Å². The molecule has 2 heteroatoms. The van der Waals surface area contributed by atoms with Crippen molar-refractivity contribution in [2.24, 2.45) is 0 Å². The van der Waals surface area contributed by atoms with Gasteiger partial charge in [-0.05, 0) is 38.5 Å². The summed E-state index contributed by atoms with van der Waals surface area (Å²) >= 11 is 0. The Morgan fingerprint density at radius 3 is 1.30 bits per heavy atom. The fourth-order valence-corrected chi connectivity index (χ4v) is 2.01. The van der Waals surface area contributed by atoms with Gasteiger partial charge in [-0.15, -0.1) is 26.3 Å². The van der Waals surface area contributed by atoms with Gasteiger partial charge in [0.25, 0.3) is 0 Å². The predicted molar refractivity (Wildman–Crippen MR) is 88.0 cm³/mol. The predicted octanol–water partition coefficient (Wildman–Crippen LogP) is 4.84. The van der Waals surface area contributed by atoms with Gasteiger partial charge < -0.3 is 9.47 Å². The van der Waals surface area contributed by atoms with Crippen LogP contribution in [0.25, 0.3) is 0 Å². The van der Waals surface area contributed by atoms with Gasteiger partial charge in [0, 0.05) is 0 Å². The van der Waals surface area contributed by atoms with E-state index in [0.717, 1.165) is 38.5 Å². The third-order valence-corrected chi connectivity index (χ3v) is 3.10. The summed E-state index contributed by atoms with van der Waals surface area (Å²) in [6.07, 6.45) is 13.9. The molecular formula is C18H30O2. The molecule has 0 aromatic rings. The highest BCUT2D eigenvalue weighted by atomic mass is 16.5. The van der Waals surface area contributed by atoms with E-state index in [1.807, 2.05) is 12.2 Å². The first-order valence-electron chi connectivity index (χ1n) is 7.45. The van der Waals surface area contributed by atoms with E-state index in [0.29, 0.717) is 13.2 Å². The lowest BCUT2D eigenvalue weighted by molar-refractivity contribution is 0.0240. The molecule has 0 amide bonds. The molecule has 2 atom stereocenters. The smallest absolute Gasteiger partial charge is 0.0648 e. The standard InChI is InChI=1S/C18H30O2/c1-5-9-11-17(19-15-7-3)13-14-18(12-10-6-2)20-16-8-4/h5-8,17-18H,1-4,9-16H2/t17-,18-/m0/s1. The number of rotatable bonds is 15. The second kappa shape index (κ2) is 14.3. The van der Waals surface area contributed by atoms with Gasteiger partial charge in [-0.1, -0.05) is 24.3 Å². The lowest BCUT2D eigenvalue weighted by Gasteiger charge is -2.21. The van der Waals surface area contributed by atoms with Crippen molar-refractivity contribution in [3.63, 3.8) is 0 Å². The molecule has 0 aromatic carbocycles. The average molecular weight is 278 g/mol. The van der Waals surface area contributed by atoms with E-state index < -0.39 is 0 Å². The van der Waals surface area contributed by atoms with Gasteiger partial charge in [-0.3, -0.25) is 0 Å². The first-order chi connectivity index (χ1) is 9.78. The van der Waals surface area contributed by atoms with E-state index in [4.69, 9.17) is 9.47 Å². The van der Waals surface area contributed by atoms with Gasteiger partial charge in [0.1, 0.15) is 0 Å². The van der Waals surface area contributed by atoms with Crippen molar-refractivity contribution in [3.05, 3.63) is 50.6 Å². The van der Waals surface area contributed by atoms with Crippen molar-refractivity contribution in [2.45, 2.75) is 50.7 Å². The number of allylic oxidation sites excluding steroid dienone is 2. The average Bonchev–Trinajstić information content (AvgIpc) is 2.48. The van der Waals surface area contributed by atoms with Crippen LogP contribution in [-0.2, 0) is 9.47 Å². The second-order valence-corrected chi connectivity index (χ2v) is 4.80. The molecule has 0 saturated carbocycles. The molecule has 0 N–H and O–H groups in total. The van der Waals surface area contributed by atoms with Crippen LogP contribution >= 0.6 is 0 Å². The zero-order chi connectivity index (χ0) is 15.1. The summed E-state index contributed by atoms with van der Waals surface area (Å²) in [5.41, 5.74) is 0. The molecule has 0 bridgehead atoms. The minimum absolute atomic E-state index is 0.254. The van der Waals surface area contributed by atoms with Crippen LogP contribution in [0, 0.1) is 0 Å². The molecule has 0 radical (unpaired) electrons. The molecule has 0 aliphatic carbocycles. The summed E-state index contributed by atoms with van der Waals surface area (Å²) in [7, 11) is 0.